The van der Waals surface area contributed by atoms with Crippen LogP contribution < -0.4 is 4.74 Å². The first-order valence-corrected chi connectivity index (χ1v) is 8.38. The minimum absolute atomic E-state index is 0.180. The fraction of sp³-hybridized carbons (Fsp3) is 0.105. The zero-order valence-corrected chi connectivity index (χ0v) is 15.2. The van der Waals surface area contributed by atoms with Crippen LogP contribution in [0.5, 0.6) is 5.75 Å². The number of esters is 1. The van der Waals surface area contributed by atoms with Crippen molar-refractivity contribution < 1.29 is 14.3 Å². The summed E-state index contributed by atoms with van der Waals surface area (Å²) in [5.74, 6) is 0.124. The Labute approximate surface area is 154 Å². The summed E-state index contributed by atoms with van der Waals surface area (Å²) in [6.45, 7) is 4.08. The minimum atomic E-state index is -0.438. The maximum atomic E-state index is 11.4. The van der Waals surface area contributed by atoms with E-state index in [0.717, 1.165) is 11.1 Å². The van der Waals surface area contributed by atoms with Crippen LogP contribution in [0, 0.1) is 0 Å². The third-order valence-corrected chi connectivity index (χ3v) is 3.87. The molecule has 2 aromatic rings. The van der Waals surface area contributed by atoms with Gasteiger partial charge in [0.2, 0.25) is 0 Å². The Morgan fingerprint density at radius 1 is 1.25 bits per heavy atom. The lowest BCUT2D eigenvalue weighted by Gasteiger charge is -2.11. The van der Waals surface area contributed by atoms with Gasteiger partial charge in [0.25, 0.3) is 0 Å². The molecule has 0 radical (unpaired) electrons. The summed E-state index contributed by atoms with van der Waals surface area (Å²) >= 11 is 9.73. The topological polar surface area (TPSA) is 35.5 Å². The van der Waals surface area contributed by atoms with E-state index in [1.54, 1.807) is 12.1 Å². The van der Waals surface area contributed by atoms with Gasteiger partial charge in [0.1, 0.15) is 13.2 Å². The zero-order valence-electron chi connectivity index (χ0n) is 12.9. The van der Waals surface area contributed by atoms with Crippen molar-refractivity contribution in [2.75, 3.05) is 6.61 Å². The molecule has 5 heteroatoms. The van der Waals surface area contributed by atoms with Crippen LogP contribution in [0.25, 0.3) is 6.08 Å². The smallest absolute Gasteiger partial charge is 0.331 e. The van der Waals surface area contributed by atoms with Gasteiger partial charge >= 0.3 is 5.97 Å². The molecule has 0 atom stereocenters. The first-order valence-electron chi connectivity index (χ1n) is 7.21. The van der Waals surface area contributed by atoms with Gasteiger partial charge in [-0.1, -0.05) is 54.6 Å². The van der Waals surface area contributed by atoms with Gasteiger partial charge in [-0.3, -0.25) is 0 Å². The fourth-order valence-electron chi connectivity index (χ4n) is 1.90. The van der Waals surface area contributed by atoms with Crippen molar-refractivity contribution in [1.29, 1.82) is 0 Å². The number of hydrogen-bond donors (Lipinski definition) is 0. The zero-order chi connectivity index (χ0) is 17.4. The number of carbonyl (C=O) groups is 1. The number of ether oxygens (including phenoxy) is 2. The van der Waals surface area contributed by atoms with Gasteiger partial charge in [0, 0.05) is 6.08 Å². The Kier molecular flexibility index (Phi) is 7.09. The van der Waals surface area contributed by atoms with E-state index in [4.69, 9.17) is 21.1 Å². The molecule has 0 amide bonds. The molecule has 2 rings (SSSR count). The van der Waals surface area contributed by atoms with Crippen LogP contribution in [-0.2, 0) is 16.1 Å². The molecule has 3 nitrogen and oxygen atoms in total. The first-order chi connectivity index (χ1) is 11.6. The van der Waals surface area contributed by atoms with Crippen LogP contribution in [-0.4, -0.2) is 12.6 Å². The number of benzene rings is 2. The fourth-order valence-corrected chi connectivity index (χ4v) is 2.89. The second-order valence-electron chi connectivity index (χ2n) is 4.84. The second-order valence-corrected chi connectivity index (χ2v) is 6.10. The van der Waals surface area contributed by atoms with Crippen LogP contribution in [0.1, 0.15) is 11.1 Å². The molecule has 0 fully saturated rings. The van der Waals surface area contributed by atoms with E-state index in [-0.39, 0.29) is 6.61 Å². The molecule has 0 aliphatic carbocycles. The SMILES string of the molecule is C=CCOC(=O)/C=C/c1cc(Cl)c(OCc2ccccc2)c(Br)c1. The summed E-state index contributed by atoms with van der Waals surface area (Å²) in [4.78, 5) is 11.4. The van der Waals surface area contributed by atoms with Crippen molar-refractivity contribution in [2.45, 2.75) is 6.61 Å². The molecular formula is C19H16BrClO3. The molecule has 24 heavy (non-hydrogen) atoms. The quantitative estimate of drug-likeness (QED) is 0.349. The second kappa shape index (κ2) is 9.30. The highest BCUT2D eigenvalue weighted by atomic mass is 79.9. The highest BCUT2D eigenvalue weighted by Crippen LogP contribution is 2.35. The van der Waals surface area contributed by atoms with E-state index < -0.39 is 5.97 Å². The Bertz CT molecular complexity index is 719. The average molecular weight is 408 g/mol. The Morgan fingerprint density at radius 2 is 2.00 bits per heavy atom. The van der Waals surface area contributed by atoms with Crippen LogP contribution in [0.3, 0.4) is 0 Å². The lowest BCUT2D eigenvalue weighted by atomic mass is 10.2. The summed E-state index contributed by atoms with van der Waals surface area (Å²) in [6, 6.07) is 13.4. The van der Waals surface area contributed by atoms with Crippen molar-refractivity contribution in [3.63, 3.8) is 0 Å². The third-order valence-electron chi connectivity index (χ3n) is 3.00. The van der Waals surface area contributed by atoms with Crippen LogP contribution >= 0.6 is 27.5 Å². The molecule has 0 aliphatic heterocycles. The number of hydrogen-bond acceptors (Lipinski definition) is 3. The summed E-state index contributed by atoms with van der Waals surface area (Å²) < 4.78 is 11.4. The molecule has 0 N–H and O–H groups in total. The van der Waals surface area contributed by atoms with Gasteiger partial charge in [-0.25, -0.2) is 4.79 Å². The van der Waals surface area contributed by atoms with Crippen molar-refractivity contribution in [2.24, 2.45) is 0 Å². The molecule has 0 saturated carbocycles. The summed E-state index contributed by atoms with van der Waals surface area (Å²) in [5.41, 5.74) is 1.81. The highest BCUT2D eigenvalue weighted by Gasteiger charge is 2.09. The maximum Gasteiger partial charge on any atom is 0.331 e. The van der Waals surface area contributed by atoms with Crippen LogP contribution in [0.2, 0.25) is 5.02 Å². The predicted molar refractivity (Wildman–Crippen MR) is 100 cm³/mol. The molecule has 0 saturated heterocycles. The van der Waals surface area contributed by atoms with E-state index in [2.05, 4.69) is 22.5 Å². The maximum absolute atomic E-state index is 11.4. The normalized spacial score (nSPS) is 10.6. The molecule has 2 aromatic carbocycles. The van der Waals surface area contributed by atoms with Gasteiger partial charge in [-0.05, 0) is 45.3 Å². The molecule has 0 heterocycles. The minimum Gasteiger partial charge on any atom is -0.486 e. The monoisotopic (exact) mass is 406 g/mol. The number of halogens is 2. The standard InChI is InChI=1S/C19H16BrClO3/c1-2-10-23-18(22)9-8-15-11-16(20)19(17(21)12-15)24-13-14-6-4-3-5-7-14/h2-9,11-12H,1,10,13H2/b9-8+. The average Bonchev–Trinajstić information content (AvgIpc) is 2.58. The molecule has 0 spiro atoms. The number of carbonyl (C=O) groups excluding carboxylic acids is 1. The molecule has 0 aromatic heterocycles. The van der Waals surface area contributed by atoms with E-state index in [0.29, 0.717) is 21.9 Å². The molecular weight excluding hydrogens is 392 g/mol. The largest absolute Gasteiger partial charge is 0.486 e. The predicted octanol–water partition coefficient (Wildman–Crippen LogP) is 5.42. The van der Waals surface area contributed by atoms with Gasteiger partial charge in [-0.2, -0.15) is 0 Å². The number of rotatable bonds is 7. The Hall–Kier alpha value is -2.04. The van der Waals surface area contributed by atoms with E-state index >= 15 is 0 Å². The van der Waals surface area contributed by atoms with Crippen LogP contribution in [0.15, 0.2) is 65.7 Å². The molecule has 0 unspecified atom stereocenters. The molecule has 124 valence electrons. The Morgan fingerprint density at radius 3 is 2.67 bits per heavy atom. The van der Waals surface area contributed by atoms with Crippen LogP contribution in [0.4, 0.5) is 0 Å². The molecule has 0 bridgehead atoms. The highest BCUT2D eigenvalue weighted by molar-refractivity contribution is 9.10. The van der Waals surface area contributed by atoms with E-state index in [9.17, 15) is 4.79 Å². The van der Waals surface area contributed by atoms with E-state index in [1.165, 1.54) is 12.2 Å². The third kappa shape index (κ3) is 5.55. The summed E-state index contributed by atoms with van der Waals surface area (Å²) in [5, 5.41) is 0.458. The van der Waals surface area contributed by atoms with Gasteiger partial charge in [0.05, 0.1) is 9.50 Å². The summed E-state index contributed by atoms with van der Waals surface area (Å²) in [6.07, 6.45) is 4.48. The Balaban J connectivity index is 2.06. The first kappa shape index (κ1) is 18.3. The van der Waals surface area contributed by atoms with Crippen molar-refractivity contribution in [3.05, 3.63) is 81.8 Å². The van der Waals surface area contributed by atoms with Gasteiger partial charge in [-0.15, -0.1) is 0 Å². The molecule has 0 aliphatic rings. The van der Waals surface area contributed by atoms with Crippen molar-refractivity contribution in [3.8, 4) is 5.75 Å². The van der Waals surface area contributed by atoms with Gasteiger partial charge < -0.3 is 9.47 Å². The van der Waals surface area contributed by atoms with Gasteiger partial charge in [0.15, 0.2) is 5.75 Å². The summed E-state index contributed by atoms with van der Waals surface area (Å²) in [7, 11) is 0. The lowest BCUT2D eigenvalue weighted by molar-refractivity contribution is -0.136. The van der Waals surface area contributed by atoms with E-state index in [1.807, 2.05) is 36.4 Å². The lowest BCUT2D eigenvalue weighted by Crippen LogP contribution is -1.99. The van der Waals surface area contributed by atoms with Crippen molar-refractivity contribution >= 4 is 39.6 Å². The van der Waals surface area contributed by atoms with Crippen molar-refractivity contribution in [1.82, 2.24) is 0 Å².